The maximum Gasteiger partial charge on any atom is 0.270 e. The van der Waals surface area contributed by atoms with E-state index in [-0.39, 0.29) is 5.91 Å². The lowest BCUT2D eigenvalue weighted by Crippen LogP contribution is -2.48. The van der Waals surface area contributed by atoms with E-state index in [0.717, 1.165) is 36.4 Å². The van der Waals surface area contributed by atoms with Crippen molar-refractivity contribution in [3.63, 3.8) is 0 Å². The summed E-state index contributed by atoms with van der Waals surface area (Å²) < 4.78 is 2.28. The summed E-state index contributed by atoms with van der Waals surface area (Å²) in [5, 5.41) is 10.2. The SMILES string of the molecule is O=C(c1cc2cc(Cl)ccc2[nH]1)N1CCN(Cc2nncn2C2CCCCC2)CC1. The lowest BCUT2D eigenvalue weighted by molar-refractivity contribution is 0.0618. The normalized spacial score (nSPS) is 18.9. The third-order valence-electron chi connectivity index (χ3n) is 6.45. The van der Waals surface area contributed by atoms with Crippen molar-refractivity contribution < 1.29 is 4.79 Å². The Morgan fingerprint density at radius 3 is 2.70 bits per heavy atom. The van der Waals surface area contributed by atoms with Gasteiger partial charge in [-0.15, -0.1) is 10.2 Å². The molecule has 8 heteroatoms. The third-order valence-corrected chi connectivity index (χ3v) is 6.69. The number of halogens is 1. The first-order valence-corrected chi connectivity index (χ1v) is 11.2. The first-order valence-electron chi connectivity index (χ1n) is 10.9. The van der Waals surface area contributed by atoms with E-state index in [1.165, 1.54) is 32.1 Å². The molecule has 3 aromatic rings. The van der Waals surface area contributed by atoms with Crippen molar-refractivity contribution >= 4 is 28.4 Å². The van der Waals surface area contributed by atoms with Crippen LogP contribution in [-0.2, 0) is 6.54 Å². The quantitative estimate of drug-likeness (QED) is 0.687. The van der Waals surface area contributed by atoms with Crippen LogP contribution in [0.4, 0.5) is 0 Å². The van der Waals surface area contributed by atoms with Gasteiger partial charge < -0.3 is 14.5 Å². The van der Waals surface area contributed by atoms with Gasteiger partial charge in [-0.1, -0.05) is 30.9 Å². The molecule has 158 valence electrons. The predicted octanol–water partition coefficient (Wildman–Crippen LogP) is 3.88. The molecule has 30 heavy (non-hydrogen) atoms. The summed E-state index contributed by atoms with van der Waals surface area (Å²) in [6.45, 7) is 3.91. The number of aromatic amines is 1. The van der Waals surface area contributed by atoms with Crippen LogP contribution in [0, 0.1) is 0 Å². The van der Waals surface area contributed by atoms with Crippen molar-refractivity contribution in [2.24, 2.45) is 0 Å². The van der Waals surface area contributed by atoms with E-state index in [1.54, 1.807) is 0 Å². The average molecular weight is 427 g/mol. The van der Waals surface area contributed by atoms with E-state index in [0.29, 0.717) is 29.8 Å². The molecule has 3 heterocycles. The van der Waals surface area contributed by atoms with E-state index in [9.17, 15) is 4.79 Å². The maximum absolute atomic E-state index is 13.0. The molecule has 1 aliphatic carbocycles. The Morgan fingerprint density at radius 1 is 1.10 bits per heavy atom. The van der Waals surface area contributed by atoms with Gasteiger partial charge in [-0.3, -0.25) is 9.69 Å². The summed E-state index contributed by atoms with van der Waals surface area (Å²) in [6.07, 6.45) is 8.28. The molecule has 0 spiro atoms. The van der Waals surface area contributed by atoms with Gasteiger partial charge in [-0.25, -0.2) is 0 Å². The number of amides is 1. The number of nitrogens with zero attached hydrogens (tertiary/aromatic N) is 5. The second kappa shape index (κ2) is 8.40. The van der Waals surface area contributed by atoms with Crippen LogP contribution in [0.1, 0.15) is 54.5 Å². The second-order valence-electron chi connectivity index (χ2n) is 8.43. The second-order valence-corrected chi connectivity index (χ2v) is 8.87. The summed E-state index contributed by atoms with van der Waals surface area (Å²) in [7, 11) is 0. The van der Waals surface area contributed by atoms with E-state index in [1.807, 2.05) is 35.5 Å². The van der Waals surface area contributed by atoms with Crippen molar-refractivity contribution in [2.75, 3.05) is 26.2 Å². The molecule has 0 atom stereocenters. The number of fused-ring (bicyclic) bond motifs is 1. The fraction of sp³-hybridized carbons (Fsp3) is 0.500. The molecule has 1 saturated heterocycles. The molecule has 1 aromatic carbocycles. The van der Waals surface area contributed by atoms with Gasteiger partial charge in [0.1, 0.15) is 17.8 Å². The zero-order chi connectivity index (χ0) is 20.5. The first-order chi connectivity index (χ1) is 14.7. The molecule has 5 rings (SSSR count). The molecular weight excluding hydrogens is 400 g/mol. The minimum absolute atomic E-state index is 0.0485. The Bertz CT molecular complexity index is 1030. The molecule has 1 saturated carbocycles. The van der Waals surface area contributed by atoms with Gasteiger partial charge in [-0.2, -0.15) is 0 Å². The van der Waals surface area contributed by atoms with Gasteiger partial charge in [-0.05, 0) is 37.1 Å². The monoisotopic (exact) mass is 426 g/mol. The summed E-state index contributed by atoms with van der Waals surface area (Å²) in [5.41, 5.74) is 1.56. The molecule has 0 unspecified atom stereocenters. The van der Waals surface area contributed by atoms with Gasteiger partial charge in [0.2, 0.25) is 0 Å². The number of benzene rings is 1. The molecule has 1 aliphatic heterocycles. The Labute approximate surface area is 181 Å². The molecule has 2 aliphatic rings. The number of carbonyl (C=O) groups excluding carboxylic acids is 1. The highest BCUT2D eigenvalue weighted by molar-refractivity contribution is 6.31. The van der Waals surface area contributed by atoms with Gasteiger partial charge >= 0.3 is 0 Å². The van der Waals surface area contributed by atoms with E-state index in [4.69, 9.17) is 11.6 Å². The Balaban J connectivity index is 1.20. The molecular formula is C22H27ClN6O. The number of piperazine rings is 1. The van der Waals surface area contributed by atoms with Gasteiger partial charge in [0.15, 0.2) is 0 Å². The van der Waals surface area contributed by atoms with Gasteiger partial charge in [0, 0.05) is 48.1 Å². The van der Waals surface area contributed by atoms with Crippen molar-refractivity contribution in [1.82, 2.24) is 29.5 Å². The smallest absolute Gasteiger partial charge is 0.270 e. The lowest BCUT2D eigenvalue weighted by atomic mass is 9.95. The fourth-order valence-corrected chi connectivity index (χ4v) is 4.92. The van der Waals surface area contributed by atoms with Crippen LogP contribution in [0.3, 0.4) is 0 Å². The predicted molar refractivity (Wildman–Crippen MR) is 117 cm³/mol. The minimum Gasteiger partial charge on any atom is -0.351 e. The van der Waals surface area contributed by atoms with E-state index >= 15 is 0 Å². The Hall–Kier alpha value is -2.38. The molecule has 2 fully saturated rings. The summed E-state index contributed by atoms with van der Waals surface area (Å²) in [5.74, 6) is 1.10. The fourth-order valence-electron chi connectivity index (χ4n) is 4.74. The van der Waals surface area contributed by atoms with Crippen LogP contribution in [0.15, 0.2) is 30.6 Å². The number of hydrogen-bond acceptors (Lipinski definition) is 4. The molecule has 1 amide bonds. The van der Waals surface area contributed by atoms with Gasteiger partial charge in [0.05, 0.1) is 6.54 Å². The molecule has 0 radical (unpaired) electrons. The molecule has 7 nitrogen and oxygen atoms in total. The van der Waals surface area contributed by atoms with Crippen molar-refractivity contribution in [2.45, 2.75) is 44.7 Å². The first kappa shape index (κ1) is 19.6. The minimum atomic E-state index is 0.0485. The van der Waals surface area contributed by atoms with Crippen LogP contribution in [0.25, 0.3) is 10.9 Å². The number of hydrogen-bond donors (Lipinski definition) is 1. The van der Waals surface area contributed by atoms with Crippen LogP contribution >= 0.6 is 11.6 Å². The van der Waals surface area contributed by atoms with Gasteiger partial charge in [0.25, 0.3) is 5.91 Å². The maximum atomic E-state index is 13.0. The molecule has 0 bridgehead atoms. The van der Waals surface area contributed by atoms with E-state index < -0.39 is 0 Å². The zero-order valence-corrected chi connectivity index (χ0v) is 17.8. The van der Waals surface area contributed by atoms with Crippen LogP contribution < -0.4 is 0 Å². The lowest BCUT2D eigenvalue weighted by Gasteiger charge is -2.34. The van der Waals surface area contributed by atoms with Crippen molar-refractivity contribution in [3.8, 4) is 0 Å². The summed E-state index contributed by atoms with van der Waals surface area (Å²) >= 11 is 6.07. The summed E-state index contributed by atoms with van der Waals surface area (Å²) in [6, 6.07) is 8.06. The van der Waals surface area contributed by atoms with Crippen molar-refractivity contribution in [3.05, 3.63) is 47.1 Å². The Morgan fingerprint density at radius 2 is 1.90 bits per heavy atom. The number of rotatable bonds is 4. The third kappa shape index (κ3) is 3.96. The molecule has 2 aromatic heterocycles. The number of aromatic nitrogens is 4. The van der Waals surface area contributed by atoms with Crippen LogP contribution in [-0.4, -0.2) is 61.6 Å². The number of H-pyrrole nitrogens is 1. The standard InChI is InChI=1S/C22H27ClN6O/c23-17-6-7-19-16(12-17)13-20(25-19)22(30)28-10-8-27(9-11-28)14-21-26-24-15-29(21)18-4-2-1-3-5-18/h6-7,12-13,15,18,25H,1-5,8-11,14H2. The number of carbonyl (C=O) groups is 1. The molecule has 1 N–H and O–H groups in total. The topological polar surface area (TPSA) is 70.1 Å². The van der Waals surface area contributed by atoms with E-state index in [2.05, 4.69) is 24.6 Å². The average Bonchev–Trinajstić information content (AvgIpc) is 3.41. The van der Waals surface area contributed by atoms with Crippen LogP contribution in [0.2, 0.25) is 5.02 Å². The summed E-state index contributed by atoms with van der Waals surface area (Å²) in [4.78, 5) is 20.5. The highest BCUT2D eigenvalue weighted by Gasteiger charge is 2.25. The van der Waals surface area contributed by atoms with Crippen LogP contribution in [0.5, 0.6) is 0 Å². The highest BCUT2D eigenvalue weighted by Crippen LogP contribution is 2.29. The Kier molecular flexibility index (Phi) is 5.48. The largest absolute Gasteiger partial charge is 0.351 e. The highest BCUT2D eigenvalue weighted by atomic mass is 35.5. The zero-order valence-electron chi connectivity index (χ0n) is 17.1. The van der Waals surface area contributed by atoms with Crippen molar-refractivity contribution in [1.29, 1.82) is 0 Å². The number of nitrogens with one attached hydrogen (secondary N) is 1.